The molecule has 1 rings (SSSR count). The molecular formula is C9H12N2OS. The largest absolute Gasteiger partial charge is 0.334 e. The Morgan fingerprint density at radius 1 is 1.77 bits per heavy atom. The third-order valence-corrected chi connectivity index (χ3v) is 3.11. The van der Waals surface area contributed by atoms with Gasteiger partial charge < -0.3 is 5.32 Å². The smallest absolute Gasteiger partial charge is 0.244 e. The zero-order valence-electron chi connectivity index (χ0n) is 7.54. The third-order valence-electron chi connectivity index (χ3n) is 1.92. The lowest BCUT2D eigenvalue weighted by Crippen LogP contribution is -2.46. The molecule has 0 spiro atoms. The molecule has 0 aromatic heterocycles. The highest BCUT2D eigenvalue weighted by molar-refractivity contribution is 7.99. The molecule has 0 aliphatic carbocycles. The molecule has 0 aromatic carbocycles. The summed E-state index contributed by atoms with van der Waals surface area (Å²) < 4.78 is 0. The monoisotopic (exact) mass is 196 g/mol. The Bertz CT molecular complexity index is 261. The van der Waals surface area contributed by atoms with Crippen LogP contribution in [-0.2, 0) is 4.79 Å². The summed E-state index contributed by atoms with van der Waals surface area (Å²) in [6.07, 6.45) is 3.86. The van der Waals surface area contributed by atoms with Gasteiger partial charge >= 0.3 is 0 Å². The van der Waals surface area contributed by atoms with Crippen molar-refractivity contribution in [2.24, 2.45) is 0 Å². The van der Waals surface area contributed by atoms with Gasteiger partial charge in [-0.05, 0) is 25.2 Å². The van der Waals surface area contributed by atoms with Crippen LogP contribution < -0.4 is 5.32 Å². The summed E-state index contributed by atoms with van der Waals surface area (Å²) in [5, 5.41) is 11.7. The first kappa shape index (κ1) is 10.1. The van der Waals surface area contributed by atoms with Crippen molar-refractivity contribution in [1.29, 1.82) is 5.26 Å². The number of carbonyl (C=O) groups is 1. The topological polar surface area (TPSA) is 52.9 Å². The van der Waals surface area contributed by atoms with E-state index in [9.17, 15) is 4.79 Å². The van der Waals surface area contributed by atoms with Gasteiger partial charge in [-0.2, -0.15) is 17.0 Å². The minimum atomic E-state index is -0.624. The van der Waals surface area contributed by atoms with E-state index >= 15 is 0 Å². The Morgan fingerprint density at radius 3 is 3.00 bits per heavy atom. The zero-order chi connectivity index (χ0) is 9.73. The van der Waals surface area contributed by atoms with Crippen LogP contribution in [0.3, 0.4) is 0 Å². The van der Waals surface area contributed by atoms with E-state index in [0.29, 0.717) is 5.75 Å². The van der Waals surface area contributed by atoms with Gasteiger partial charge in [-0.25, -0.2) is 0 Å². The predicted molar refractivity (Wildman–Crippen MR) is 53.2 cm³/mol. The SMILES string of the molecule is CC=CC(=O)NC1(C#N)CCSC1. The molecule has 0 radical (unpaired) electrons. The summed E-state index contributed by atoms with van der Waals surface area (Å²) in [5.41, 5.74) is -0.624. The van der Waals surface area contributed by atoms with Crippen LogP contribution in [0.15, 0.2) is 12.2 Å². The average molecular weight is 196 g/mol. The Morgan fingerprint density at radius 2 is 2.54 bits per heavy atom. The van der Waals surface area contributed by atoms with Gasteiger partial charge in [0.1, 0.15) is 5.54 Å². The van der Waals surface area contributed by atoms with E-state index in [0.717, 1.165) is 12.2 Å². The number of thioether (sulfide) groups is 1. The maximum absolute atomic E-state index is 11.2. The van der Waals surface area contributed by atoms with Crippen LogP contribution in [0.4, 0.5) is 0 Å². The summed E-state index contributed by atoms with van der Waals surface area (Å²) >= 11 is 1.70. The van der Waals surface area contributed by atoms with E-state index in [4.69, 9.17) is 5.26 Å². The van der Waals surface area contributed by atoms with Crippen LogP contribution in [0.1, 0.15) is 13.3 Å². The van der Waals surface area contributed by atoms with Gasteiger partial charge in [0.2, 0.25) is 5.91 Å². The number of rotatable bonds is 2. The standard InChI is InChI=1S/C9H12N2OS/c1-2-3-8(12)11-9(6-10)4-5-13-7-9/h2-3H,4-5,7H2,1H3,(H,11,12). The second-order valence-corrected chi connectivity index (χ2v) is 4.09. The average Bonchev–Trinajstić information content (AvgIpc) is 2.54. The number of nitrogens with zero attached hydrogens (tertiary/aromatic N) is 1. The fourth-order valence-corrected chi connectivity index (χ4v) is 2.48. The van der Waals surface area contributed by atoms with Crippen LogP contribution in [0, 0.1) is 11.3 Å². The summed E-state index contributed by atoms with van der Waals surface area (Å²) in [6.45, 7) is 1.78. The number of hydrogen-bond acceptors (Lipinski definition) is 3. The summed E-state index contributed by atoms with van der Waals surface area (Å²) in [6, 6.07) is 2.18. The van der Waals surface area contributed by atoms with Gasteiger partial charge in [0.15, 0.2) is 0 Å². The minimum Gasteiger partial charge on any atom is -0.334 e. The van der Waals surface area contributed by atoms with Crippen molar-refractivity contribution in [3.63, 3.8) is 0 Å². The van der Waals surface area contributed by atoms with Crippen LogP contribution in [0.2, 0.25) is 0 Å². The number of nitriles is 1. The van der Waals surface area contributed by atoms with Crippen molar-refractivity contribution in [3.05, 3.63) is 12.2 Å². The molecule has 3 nitrogen and oxygen atoms in total. The second-order valence-electron chi connectivity index (χ2n) is 2.99. The zero-order valence-corrected chi connectivity index (χ0v) is 8.36. The van der Waals surface area contributed by atoms with Gasteiger partial charge in [-0.15, -0.1) is 0 Å². The fourth-order valence-electron chi connectivity index (χ4n) is 1.21. The summed E-state index contributed by atoms with van der Waals surface area (Å²) in [4.78, 5) is 11.2. The molecule has 4 heteroatoms. The summed E-state index contributed by atoms with van der Waals surface area (Å²) in [7, 11) is 0. The molecule has 1 aliphatic heterocycles. The van der Waals surface area contributed by atoms with Crippen molar-refractivity contribution < 1.29 is 4.79 Å². The molecule has 1 fully saturated rings. The quantitative estimate of drug-likeness (QED) is 0.672. The van der Waals surface area contributed by atoms with Gasteiger partial charge in [0.25, 0.3) is 0 Å². The fraction of sp³-hybridized carbons (Fsp3) is 0.556. The van der Waals surface area contributed by atoms with Crippen molar-refractivity contribution in [3.8, 4) is 6.07 Å². The van der Waals surface area contributed by atoms with Crippen LogP contribution in [-0.4, -0.2) is 23.0 Å². The van der Waals surface area contributed by atoms with E-state index in [2.05, 4.69) is 11.4 Å². The number of carbonyl (C=O) groups excluding carboxylic acids is 1. The Kier molecular flexibility index (Phi) is 3.38. The molecule has 1 saturated heterocycles. The molecular weight excluding hydrogens is 184 g/mol. The second kappa shape index (κ2) is 4.33. The highest BCUT2D eigenvalue weighted by Gasteiger charge is 2.35. The molecule has 70 valence electrons. The van der Waals surface area contributed by atoms with E-state index in [1.807, 2.05) is 0 Å². The van der Waals surface area contributed by atoms with E-state index in [-0.39, 0.29) is 5.91 Å². The molecule has 1 N–H and O–H groups in total. The maximum atomic E-state index is 11.2. The number of hydrogen-bond donors (Lipinski definition) is 1. The van der Waals surface area contributed by atoms with Crippen molar-refractivity contribution in [2.45, 2.75) is 18.9 Å². The Labute approximate surface area is 82.2 Å². The molecule has 0 aromatic rings. The summed E-state index contributed by atoms with van der Waals surface area (Å²) in [5.74, 6) is 1.47. The van der Waals surface area contributed by atoms with Crippen molar-refractivity contribution >= 4 is 17.7 Å². The van der Waals surface area contributed by atoms with Crippen LogP contribution in [0.25, 0.3) is 0 Å². The number of allylic oxidation sites excluding steroid dienone is 1. The van der Waals surface area contributed by atoms with Crippen molar-refractivity contribution in [1.82, 2.24) is 5.32 Å². The van der Waals surface area contributed by atoms with Gasteiger partial charge in [0.05, 0.1) is 6.07 Å². The minimum absolute atomic E-state index is 0.174. The molecule has 1 unspecified atom stereocenters. The molecule has 1 atom stereocenters. The molecule has 0 bridgehead atoms. The Hall–Kier alpha value is -0.950. The van der Waals surface area contributed by atoms with Crippen LogP contribution in [0.5, 0.6) is 0 Å². The van der Waals surface area contributed by atoms with Crippen molar-refractivity contribution in [2.75, 3.05) is 11.5 Å². The molecule has 0 saturated carbocycles. The normalized spacial score (nSPS) is 27.4. The first-order chi connectivity index (χ1) is 6.22. The number of nitrogens with one attached hydrogen (secondary N) is 1. The highest BCUT2D eigenvalue weighted by Crippen LogP contribution is 2.27. The van der Waals surface area contributed by atoms with Gasteiger partial charge in [-0.1, -0.05) is 6.08 Å². The number of amides is 1. The molecule has 1 heterocycles. The highest BCUT2D eigenvalue weighted by atomic mass is 32.2. The predicted octanol–water partition coefficient (Wildman–Crippen LogP) is 1.08. The lowest BCUT2D eigenvalue weighted by molar-refractivity contribution is -0.117. The van der Waals surface area contributed by atoms with Gasteiger partial charge in [0, 0.05) is 5.75 Å². The van der Waals surface area contributed by atoms with Crippen LogP contribution >= 0.6 is 11.8 Å². The molecule has 1 aliphatic rings. The first-order valence-electron chi connectivity index (χ1n) is 4.16. The third kappa shape index (κ3) is 2.49. The lowest BCUT2D eigenvalue weighted by Gasteiger charge is -2.19. The van der Waals surface area contributed by atoms with E-state index in [1.165, 1.54) is 6.08 Å². The first-order valence-corrected chi connectivity index (χ1v) is 5.32. The lowest BCUT2D eigenvalue weighted by atomic mass is 10.0. The molecule has 13 heavy (non-hydrogen) atoms. The van der Waals surface area contributed by atoms with Gasteiger partial charge in [-0.3, -0.25) is 4.79 Å². The Balaban J connectivity index is 2.59. The van der Waals surface area contributed by atoms with E-state index in [1.54, 1.807) is 24.8 Å². The van der Waals surface area contributed by atoms with E-state index < -0.39 is 5.54 Å². The maximum Gasteiger partial charge on any atom is 0.244 e. The molecule has 1 amide bonds.